The molecule has 4 aromatic rings. The number of halogens is 2. The van der Waals surface area contributed by atoms with Gasteiger partial charge in [-0.25, -0.2) is 14.2 Å². The second-order valence-corrected chi connectivity index (χ2v) is 10.2. The van der Waals surface area contributed by atoms with Crippen LogP contribution in [0.3, 0.4) is 0 Å². The van der Waals surface area contributed by atoms with E-state index in [0.29, 0.717) is 28.0 Å². The maximum Gasteiger partial charge on any atom is 0.328 e. The molecule has 1 saturated heterocycles. The second kappa shape index (κ2) is 9.39. The van der Waals surface area contributed by atoms with Gasteiger partial charge in [-0.1, -0.05) is 23.7 Å². The van der Waals surface area contributed by atoms with Crippen LogP contribution in [-0.2, 0) is 31.5 Å². The van der Waals surface area contributed by atoms with Crippen molar-refractivity contribution in [1.29, 1.82) is 0 Å². The van der Waals surface area contributed by atoms with Gasteiger partial charge in [0.2, 0.25) is 5.91 Å². The van der Waals surface area contributed by atoms with Gasteiger partial charge in [0.05, 0.1) is 30.3 Å². The Bertz CT molecular complexity index is 1710. The van der Waals surface area contributed by atoms with E-state index in [4.69, 9.17) is 11.6 Å². The van der Waals surface area contributed by atoms with E-state index in [2.05, 4.69) is 10.3 Å². The Morgan fingerprint density at radius 1 is 1.16 bits per heavy atom. The zero-order chi connectivity index (χ0) is 27.4. The summed E-state index contributed by atoms with van der Waals surface area (Å²) in [6.07, 6.45) is 1.48. The number of imidazole rings is 1. The lowest BCUT2D eigenvalue weighted by Gasteiger charge is -2.42. The molecule has 0 aliphatic carbocycles. The predicted octanol–water partition coefficient (Wildman–Crippen LogP) is 2.22. The van der Waals surface area contributed by atoms with Crippen LogP contribution in [-0.4, -0.2) is 54.2 Å². The molecule has 12 heteroatoms. The van der Waals surface area contributed by atoms with Crippen LogP contribution in [0.25, 0.3) is 22.1 Å². The van der Waals surface area contributed by atoms with Gasteiger partial charge in [0, 0.05) is 30.5 Å². The van der Waals surface area contributed by atoms with Crippen molar-refractivity contribution < 1.29 is 14.0 Å². The molecule has 0 radical (unpaired) electrons. The number of hydrogen-bond donors (Lipinski definition) is 1. The van der Waals surface area contributed by atoms with E-state index in [1.54, 1.807) is 31.3 Å². The number of hydrogen-bond acceptors (Lipinski definition) is 5. The van der Waals surface area contributed by atoms with E-state index in [9.17, 15) is 23.6 Å². The molecule has 0 saturated carbocycles. The number of amides is 2. The van der Waals surface area contributed by atoms with Gasteiger partial charge in [0.1, 0.15) is 23.4 Å². The third-order valence-corrected chi connectivity index (χ3v) is 7.08. The molecule has 1 aromatic carbocycles. The summed E-state index contributed by atoms with van der Waals surface area (Å²) in [4.78, 5) is 58.3. The second-order valence-electron chi connectivity index (χ2n) is 9.74. The fourth-order valence-electron chi connectivity index (χ4n) is 4.88. The lowest BCUT2D eigenvalue weighted by Crippen LogP contribution is -2.60. The fourth-order valence-corrected chi connectivity index (χ4v) is 5.00. The van der Waals surface area contributed by atoms with Gasteiger partial charge in [0.15, 0.2) is 0 Å². The quantitative estimate of drug-likeness (QED) is 0.403. The van der Waals surface area contributed by atoms with E-state index in [1.165, 1.54) is 33.2 Å². The largest absolute Gasteiger partial charge is 0.348 e. The third-order valence-electron chi connectivity index (χ3n) is 6.83. The molecule has 0 atom stereocenters. The monoisotopic (exact) mass is 540 g/mol. The van der Waals surface area contributed by atoms with Gasteiger partial charge in [0.25, 0.3) is 11.5 Å². The smallest absolute Gasteiger partial charge is 0.328 e. The van der Waals surface area contributed by atoms with Crippen LogP contribution in [0.4, 0.5) is 4.39 Å². The molecule has 1 fully saturated rings. The van der Waals surface area contributed by atoms with Crippen LogP contribution in [0.2, 0.25) is 5.02 Å². The minimum Gasteiger partial charge on any atom is -0.348 e. The number of nitrogens with zero attached hydrogens (tertiary/aromatic N) is 5. The summed E-state index contributed by atoms with van der Waals surface area (Å²) in [7, 11) is 1.60. The number of aromatic nitrogens is 4. The van der Waals surface area contributed by atoms with E-state index < -0.39 is 29.6 Å². The summed E-state index contributed by atoms with van der Waals surface area (Å²) >= 11 is 5.93. The van der Waals surface area contributed by atoms with Gasteiger partial charge in [-0.2, -0.15) is 0 Å². The average molecular weight is 541 g/mol. The Hall–Kier alpha value is -3.99. The number of pyridine rings is 2. The van der Waals surface area contributed by atoms with Crippen LogP contribution in [0, 0.1) is 0 Å². The standard InChI is InChI=1S/C26H26ClFN6O4/c1-4-33-19-11-29-22-17(21(19)31(3)25(33)38)9-18(23(36)30-10-15-5-7-16(27)8-6-15)24(37)34(22)12-20(35)32-13-26(2,28)14-32/h5-9,11H,4,10,12-14H2,1-3H3,(H,30,36). The molecule has 1 aliphatic rings. The van der Waals surface area contributed by atoms with Gasteiger partial charge >= 0.3 is 5.69 Å². The number of likely N-dealkylation sites (tertiary alicyclic amines) is 1. The molecule has 1 N–H and O–H groups in total. The number of alkyl halides is 1. The first-order valence-electron chi connectivity index (χ1n) is 12.1. The van der Waals surface area contributed by atoms with E-state index >= 15 is 0 Å². The summed E-state index contributed by atoms with van der Waals surface area (Å²) in [5, 5.41) is 3.66. The molecule has 4 heterocycles. The van der Waals surface area contributed by atoms with Crippen molar-refractivity contribution in [3.8, 4) is 0 Å². The van der Waals surface area contributed by atoms with E-state index in [-0.39, 0.29) is 36.5 Å². The van der Waals surface area contributed by atoms with Crippen molar-refractivity contribution in [2.45, 2.75) is 39.2 Å². The lowest BCUT2D eigenvalue weighted by molar-refractivity contribution is -0.144. The molecule has 198 valence electrons. The van der Waals surface area contributed by atoms with Crippen molar-refractivity contribution in [2.75, 3.05) is 13.1 Å². The normalized spacial score (nSPS) is 14.6. The molecule has 38 heavy (non-hydrogen) atoms. The van der Waals surface area contributed by atoms with Gasteiger partial charge in [-0.3, -0.25) is 28.1 Å². The molecule has 2 amide bonds. The van der Waals surface area contributed by atoms with Gasteiger partial charge in [-0.15, -0.1) is 0 Å². The highest BCUT2D eigenvalue weighted by atomic mass is 35.5. The molecule has 0 unspecified atom stereocenters. The number of carbonyl (C=O) groups excluding carboxylic acids is 2. The van der Waals surface area contributed by atoms with Crippen LogP contribution >= 0.6 is 11.6 Å². The lowest BCUT2D eigenvalue weighted by atomic mass is 9.99. The first-order chi connectivity index (χ1) is 18.0. The highest BCUT2D eigenvalue weighted by Crippen LogP contribution is 2.26. The summed E-state index contributed by atoms with van der Waals surface area (Å²) < 4.78 is 18.1. The third kappa shape index (κ3) is 4.36. The van der Waals surface area contributed by atoms with Crippen molar-refractivity contribution in [1.82, 2.24) is 28.9 Å². The highest BCUT2D eigenvalue weighted by Gasteiger charge is 2.41. The minimum atomic E-state index is -1.47. The fraction of sp³-hybridized carbons (Fsp3) is 0.346. The number of carbonyl (C=O) groups is 2. The number of aryl methyl sites for hydroxylation is 2. The zero-order valence-electron chi connectivity index (χ0n) is 21.1. The Balaban J connectivity index is 1.63. The van der Waals surface area contributed by atoms with Crippen LogP contribution in [0.15, 0.2) is 46.1 Å². The molecule has 1 aliphatic heterocycles. The molecule has 0 bridgehead atoms. The Labute approximate surface area is 221 Å². The van der Waals surface area contributed by atoms with Crippen molar-refractivity contribution in [3.05, 3.63) is 73.5 Å². The zero-order valence-corrected chi connectivity index (χ0v) is 21.9. The summed E-state index contributed by atoms with van der Waals surface area (Å²) in [6.45, 7) is 3.18. The first kappa shape index (κ1) is 25.7. The Kier molecular flexibility index (Phi) is 6.34. The number of nitrogens with one attached hydrogen (secondary N) is 1. The topological polar surface area (TPSA) is 111 Å². The van der Waals surface area contributed by atoms with Crippen molar-refractivity contribution in [2.24, 2.45) is 7.05 Å². The Morgan fingerprint density at radius 3 is 2.47 bits per heavy atom. The van der Waals surface area contributed by atoms with Crippen LogP contribution in [0.5, 0.6) is 0 Å². The van der Waals surface area contributed by atoms with Crippen LogP contribution < -0.4 is 16.6 Å². The SMILES string of the molecule is CCn1c(=O)n(C)c2c3cc(C(=O)NCc4ccc(Cl)cc4)c(=O)n(CC(=O)N4CC(C)(F)C4)c3ncc21. The van der Waals surface area contributed by atoms with E-state index in [1.807, 2.05) is 6.92 Å². The predicted molar refractivity (Wildman–Crippen MR) is 141 cm³/mol. The summed E-state index contributed by atoms with van der Waals surface area (Å²) in [5.41, 5.74) is -0.725. The number of fused-ring (bicyclic) bond motifs is 3. The first-order valence-corrected chi connectivity index (χ1v) is 12.5. The highest BCUT2D eigenvalue weighted by molar-refractivity contribution is 6.30. The molecule has 5 rings (SSSR count). The number of rotatable bonds is 6. The summed E-state index contributed by atoms with van der Waals surface area (Å²) in [5.74, 6) is -1.12. The average Bonchev–Trinajstić information content (AvgIpc) is 3.12. The minimum absolute atomic E-state index is 0.0781. The van der Waals surface area contributed by atoms with E-state index in [0.717, 1.165) is 10.1 Å². The maximum atomic E-state index is 14.0. The molecule has 3 aromatic heterocycles. The van der Waals surface area contributed by atoms with Gasteiger partial charge in [-0.05, 0) is 37.6 Å². The van der Waals surface area contributed by atoms with Crippen molar-refractivity contribution >= 4 is 45.5 Å². The number of benzene rings is 1. The van der Waals surface area contributed by atoms with Crippen molar-refractivity contribution in [3.63, 3.8) is 0 Å². The molecule has 0 spiro atoms. The molecular weight excluding hydrogens is 515 g/mol. The van der Waals surface area contributed by atoms with Crippen LogP contribution in [0.1, 0.15) is 29.8 Å². The summed E-state index contributed by atoms with van der Waals surface area (Å²) in [6, 6.07) is 8.30. The van der Waals surface area contributed by atoms with Gasteiger partial charge < -0.3 is 10.2 Å². The Morgan fingerprint density at radius 2 is 1.84 bits per heavy atom. The molecular formula is C26H26ClFN6O4. The molecule has 10 nitrogen and oxygen atoms in total. The maximum absolute atomic E-state index is 14.0.